The minimum atomic E-state index is -0.291. The average Bonchev–Trinajstić information content (AvgIpc) is 3.20. The summed E-state index contributed by atoms with van der Waals surface area (Å²) in [4.78, 5) is 12.4. The van der Waals surface area contributed by atoms with Crippen molar-refractivity contribution in [3.8, 4) is 28.6 Å². The van der Waals surface area contributed by atoms with Gasteiger partial charge in [0.2, 0.25) is 5.91 Å². The molecule has 0 radical (unpaired) electrons. The smallest absolute Gasteiger partial charge is 0.234 e. The fraction of sp³-hybridized carbons (Fsp3) is 0.0455. The van der Waals surface area contributed by atoms with Crippen LogP contribution in [0, 0.1) is 0 Å². The Bertz CT molecular complexity index is 1230. The Hall–Kier alpha value is -3.30. The second kappa shape index (κ2) is 9.23. The first-order valence-corrected chi connectivity index (χ1v) is 11.0. The Kier molecular flexibility index (Phi) is 6.24. The normalized spacial score (nSPS) is 10.7. The van der Waals surface area contributed by atoms with Gasteiger partial charge in [-0.15, -0.1) is 10.2 Å². The number of phenols is 2. The zero-order valence-electron chi connectivity index (χ0n) is 16.1. The Balaban J connectivity index is 1.64. The van der Waals surface area contributed by atoms with Crippen LogP contribution < -0.4 is 5.32 Å². The summed E-state index contributed by atoms with van der Waals surface area (Å²) in [5.41, 5.74) is 1.65. The number of aromatic hydroxyl groups is 2. The van der Waals surface area contributed by atoms with E-state index >= 15 is 0 Å². The van der Waals surface area contributed by atoms with E-state index in [1.807, 2.05) is 30.3 Å². The predicted molar refractivity (Wildman–Crippen MR) is 124 cm³/mol. The standard InChI is InChI=1S/C22H17BrN4O3S/c23-14-10-11-18(28)16(12-14)21-25-26-22(27(21)15-6-2-1-3-7-15)31-13-20(30)24-17-8-4-5-9-19(17)29/h1-12,28-29H,13H2,(H,24,30). The fourth-order valence-corrected chi connectivity index (χ4v) is 4.04. The summed E-state index contributed by atoms with van der Waals surface area (Å²) in [6, 6.07) is 21.1. The number of hydrogen-bond donors (Lipinski definition) is 3. The number of halogens is 1. The van der Waals surface area contributed by atoms with E-state index in [9.17, 15) is 15.0 Å². The van der Waals surface area contributed by atoms with Crippen molar-refractivity contribution in [1.29, 1.82) is 0 Å². The summed E-state index contributed by atoms with van der Waals surface area (Å²) in [5.74, 6) is 0.293. The zero-order valence-corrected chi connectivity index (χ0v) is 18.5. The number of phenolic OH excluding ortho intramolecular Hbond substituents is 2. The van der Waals surface area contributed by atoms with Crippen LogP contribution in [0.2, 0.25) is 0 Å². The van der Waals surface area contributed by atoms with E-state index < -0.39 is 0 Å². The van der Waals surface area contributed by atoms with Gasteiger partial charge in [-0.1, -0.05) is 58.0 Å². The molecule has 3 N–H and O–H groups in total. The third kappa shape index (κ3) is 4.73. The summed E-state index contributed by atoms with van der Waals surface area (Å²) in [5, 5.41) is 31.9. The first-order valence-electron chi connectivity index (χ1n) is 9.23. The summed E-state index contributed by atoms with van der Waals surface area (Å²) in [6.07, 6.45) is 0. The number of aromatic nitrogens is 3. The third-order valence-electron chi connectivity index (χ3n) is 4.36. The number of thioether (sulfide) groups is 1. The largest absolute Gasteiger partial charge is 0.507 e. The second-order valence-corrected chi connectivity index (χ2v) is 8.35. The lowest BCUT2D eigenvalue weighted by Gasteiger charge is -2.11. The summed E-state index contributed by atoms with van der Waals surface area (Å²) >= 11 is 4.62. The Morgan fingerprint density at radius 3 is 2.48 bits per heavy atom. The van der Waals surface area contributed by atoms with Gasteiger partial charge in [-0.05, 0) is 42.5 Å². The van der Waals surface area contributed by atoms with Crippen molar-refractivity contribution in [2.24, 2.45) is 0 Å². The van der Waals surface area contributed by atoms with Crippen molar-refractivity contribution in [3.63, 3.8) is 0 Å². The van der Waals surface area contributed by atoms with Gasteiger partial charge in [-0.2, -0.15) is 0 Å². The van der Waals surface area contributed by atoms with Crippen molar-refractivity contribution in [2.75, 3.05) is 11.1 Å². The van der Waals surface area contributed by atoms with E-state index in [2.05, 4.69) is 31.4 Å². The Morgan fingerprint density at radius 2 is 1.71 bits per heavy atom. The number of benzene rings is 3. The topological polar surface area (TPSA) is 100 Å². The van der Waals surface area contributed by atoms with E-state index in [0.29, 0.717) is 22.2 Å². The number of para-hydroxylation sites is 3. The molecule has 3 aromatic carbocycles. The quantitative estimate of drug-likeness (QED) is 0.261. The molecule has 1 aromatic heterocycles. The average molecular weight is 497 g/mol. The van der Waals surface area contributed by atoms with Gasteiger partial charge in [0, 0.05) is 10.2 Å². The highest BCUT2D eigenvalue weighted by molar-refractivity contribution is 9.10. The van der Waals surface area contributed by atoms with Gasteiger partial charge in [0.15, 0.2) is 11.0 Å². The van der Waals surface area contributed by atoms with E-state index in [0.717, 1.165) is 10.2 Å². The highest BCUT2D eigenvalue weighted by atomic mass is 79.9. The Morgan fingerprint density at radius 1 is 0.968 bits per heavy atom. The minimum absolute atomic E-state index is 0.000665. The van der Waals surface area contributed by atoms with Gasteiger partial charge in [0.25, 0.3) is 0 Å². The number of nitrogens with one attached hydrogen (secondary N) is 1. The fourth-order valence-electron chi connectivity index (χ4n) is 2.93. The van der Waals surface area contributed by atoms with Crippen LogP contribution in [0.3, 0.4) is 0 Å². The number of hydrogen-bond acceptors (Lipinski definition) is 6. The zero-order chi connectivity index (χ0) is 21.8. The van der Waals surface area contributed by atoms with Gasteiger partial charge >= 0.3 is 0 Å². The molecule has 0 atom stereocenters. The molecule has 0 spiro atoms. The summed E-state index contributed by atoms with van der Waals surface area (Å²) in [6.45, 7) is 0. The molecule has 4 aromatic rings. The molecular formula is C22H17BrN4O3S. The first kappa shape index (κ1) is 21.0. The minimum Gasteiger partial charge on any atom is -0.507 e. The molecule has 0 fully saturated rings. The van der Waals surface area contributed by atoms with Crippen LogP contribution in [0.5, 0.6) is 11.5 Å². The monoisotopic (exact) mass is 496 g/mol. The van der Waals surface area contributed by atoms with E-state index in [-0.39, 0.29) is 23.2 Å². The molecule has 0 saturated heterocycles. The number of nitrogens with zero attached hydrogens (tertiary/aromatic N) is 3. The molecule has 4 rings (SSSR count). The van der Waals surface area contributed by atoms with E-state index in [4.69, 9.17) is 0 Å². The molecule has 1 amide bonds. The van der Waals surface area contributed by atoms with Crippen molar-refractivity contribution in [2.45, 2.75) is 5.16 Å². The highest BCUT2D eigenvalue weighted by Crippen LogP contribution is 2.34. The van der Waals surface area contributed by atoms with Gasteiger partial charge in [0.1, 0.15) is 11.5 Å². The number of amides is 1. The van der Waals surface area contributed by atoms with Crippen molar-refractivity contribution < 1.29 is 15.0 Å². The molecular weight excluding hydrogens is 480 g/mol. The molecule has 0 aliphatic heterocycles. The second-order valence-electron chi connectivity index (χ2n) is 6.49. The predicted octanol–water partition coefficient (Wildman–Crippen LogP) is 4.84. The molecule has 0 saturated carbocycles. The van der Waals surface area contributed by atoms with Crippen molar-refractivity contribution in [1.82, 2.24) is 14.8 Å². The highest BCUT2D eigenvalue weighted by Gasteiger charge is 2.20. The maximum Gasteiger partial charge on any atom is 0.234 e. The number of rotatable bonds is 6. The molecule has 156 valence electrons. The molecule has 0 unspecified atom stereocenters. The summed E-state index contributed by atoms with van der Waals surface area (Å²) in [7, 11) is 0. The van der Waals surface area contributed by atoms with Crippen LogP contribution in [-0.4, -0.2) is 36.6 Å². The SMILES string of the molecule is O=C(CSc1nnc(-c2cc(Br)ccc2O)n1-c1ccccc1)Nc1ccccc1O. The van der Waals surface area contributed by atoms with E-state index in [1.54, 1.807) is 41.0 Å². The third-order valence-corrected chi connectivity index (χ3v) is 5.78. The maximum atomic E-state index is 12.4. The lowest BCUT2D eigenvalue weighted by Crippen LogP contribution is -2.14. The van der Waals surface area contributed by atoms with Gasteiger partial charge in [-0.3, -0.25) is 9.36 Å². The van der Waals surface area contributed by atoms with Gasteiger partial charge in [-0.25, -0.2) is 0 Å². The van der Waals surface area contributed by atoms with E-state index in [1.165, 1.54) is 17.8 Å². The maximum absolute atomic E-state index is 12.4. The molecule has 0 aliphatic rings. The van der Waals surface area contributed by atoms with Gasteiger partial charge < -0.3 is 15.5 Å². The number of carbonyl (C=O) groups is 1. The molecule has 9 heteroatoms. The van der Waals surface area contributed by atoms with Crippen LogP contribution in [-0.2, 0) is 4.79 Å². The lowest BCUT2D eigenvalue weighted by atomic mass is 10.2. The molecule has 7 nitrogen and oxygen atoms in total. The van der Waals surface area contributed by atoms with Crippen LogP contribution in [0.4, 0.5) is 5.69 Å². The molecule has 31 heavy (non-hydrogen) atoms. The molecule has 0 aliphatic carbocycles. The Labute approximate surface area is 190 Å². The lowest BCUT2D eigenvalue weighted by molar-refractivity contribution is -0.113. The molecule has 1 heterocycles. The van der Waals surface area contributed by atoms with Crippen LogP contribution in [0.1, 0.15) is 0 Å². The summed E-state index contributed by atoms with van der Waals surface area (Å²) < 4.78 is 2.58. The molecule has 0 bridgehead atoms. The first-order chi connectivity index (χ1) is 15.0. The number of carbonyl (C=O) groups excluding carboxylic acids is 1. The van der Waals surface area contributed by atoms with Crippen LogP contribution in [0.25, 0.3) is 17.1 Å². The van der Waals surface area contributed by atoms with Crippen molar-refractivity contribution >= 4 is 39.3 Å². The van der Waals surface area contributed by atoms with Crippen LogP contribution in [0.15, 0.2) is 82.4 Å². The van der Waals surface area contributed by atoms with Crippen molar-refractivity contribution in [3.05, 3.63) is 77.3 Å². The number of anilines is 1. The van der Waals surface area contributed by atoms with Gasteiger partial charge in [0.05, 0.1) is 17.0 Å². The van der Waals surface area contributed by atoms with Crippen LogP contribution >= 0.6 is 27.7 Å².